The van der Waals surface area contributed by atoms with Crippen molar-refractivity contribution < 1.29 is 9.22 Å². The number of fused-ring (bicyclic) bond motifs is 13. The Morgan fingerprint density at radius 3 is 1.90 bits per heavy atom. The molecule has 264 valence electrons. The first kappa shape index (κ1) is 34.0. The first-order valence-corrected chi connectivity index (χ1v) is 23.5. The van der Waals surface area contributed by atoms with Gasteiger partial charge in [-0.2, -0.15) is 0 Å². The Kier molecular flexibility index (Phi) is 7.72. The molecule has 9 rings (SSSR count). The molecule has 2 aliphatic carbocycles. The average Bonchev–Trinajstić information content (AvgIpc) is 3.86. The minimum Gasteiger partial charge on any atom is -0.410 e. The van der Waals surface area contributed by atoms with Gasteiger partial charge in [-0.3, -0.25) is 4.79 Å². The van der Waals surface area contributed by atoms with E-state index in [1.54, 1.807) is 11.3 Å². The number of carbonyl (C=O) groups excluding carboxylic acids is 1. The first-order chi connectivity index (χ1) is 24.3. The summed E-state index contributed by atoms with van der Waals surface area (Å²) in [5.74, 6) is 0.448. The third-order valence-electron chi connectivity index (χ3n) is 13.9. The van der Waals surface area contributed by atoms with Gasteiger partial charge in [-0.05, 0) is 93.4 Å². The average molecular weight is 748 g/mol. The van der Waals surface area contributed by atoms with Gasteiger partial charge < -0.3 is 9.74 Å². The number of hydrogen-bond acceptors (Lipinski definition) is 5. The minimum atomic E-state index is -2.19. The van der Waals surface area contributed by atoms with Crippen LogP contribution in [0.3, 0.4) is 0 Å². The predicted octanol–water partition coefficient (Wildman–Crippen LogP) is 13.9. The highest BCUT2D eigenvalue weighted by Gasteiger charge is 2.68. The van der Waals surface area contributed by atoms with Crippen LogP contribution in [-0.2, 0) is 4.43 Å². The second kappa shape index (κ2) is 11.6. The normalized spacial score (nSPS) is 23.6. The Morgan fingerprint density at radius 1 is 0.725 bits per heavy atom. The number of rotatable bonds is 7. The number of benzene rings is 4. The summed E-state index contributed by atoms with van der Waals surface area (Å²) >= 11 is 5.39. The van der Waals surface area contributed by atoms with Crippen molar-refractivity contribution in [3.8, 4) is 0 Å². The monoisotopic (exact) mass is 747 g/mol. The summed E-state index contributed by atoms with van der Waals surface area (Å²) in [5, 5.41) is 12.8. The highest BCUT2D eigenvalue weighted by atomic mass is 32.1. The van der Waals surface area contributed by atoms with Crippen molar-refractivity contribution in [2.45, 2.75) is 104 Å². The van der Waals surface area contributed by atoms with Crippen LogP contribution < -0.4 is 5.32 Å². The summed E-state index contributed by atoms with van der Waals surface area (Å²) in [6, 6.07) is 24.6. The van der Waals surface area contributed by atoms with Gasteiger partial charge in [0.1, 0.15) is 0 Å². The molecule has 2 bridgehead atoms. The van der Waals surface area contributed by atoms with Crippen LogP contribution in [0, 0.1) is 16.7 Å². The fourth-order valence-electron chi connectivity index (χ4n) is 11.1. The summed E-state index contributed by atoms with van der Waals surface area (Å²) in [4.78, 5) is 15.4. The molecule has 51 heavy (non-hydrogen) atoms. The van der Waals surface area contributed by atoms with Crippen LogP contribution in [0.5, 0.6) is 0 Å². The molecule has 2 saturated carbocycles. The highest BCUT2D eigenvalue weighted by Crippen LogP contribution is 2.67. The van der Waals surface area contributed by atoms with Gasteiger partial charge in [0.05, 0.1) is 17.0 Å². The molecule has 1 N–H and O–H groups in total. The summed E-state index contributed by atoms with van der Waals surface area (Å²) in [6.07, 6.45) is 2.32. The molecule has 0 spiro atoms. The summed E-state index contributed by atoms with van der Waals surface area (Å²) in [6.45, 7) is 21.6. The molecule has 0 unspecified atom stereocenters. The molecule has 7 heteroatoms. The van der Waals surface area contributed by atoms with Crippen LogP contribution in [0.2, 0.25) is 16.6 Å². The lowest BCUT2D eigenvalue weighted by atomic mass is 9.70. The molecule has 0 saturated heterocycles. The SMILES string of the molecule is CC(C)[Si](O[C@@H]1[C@H](NC(=O)c2cc3c(ccc4sc5ccc6sc7ccc8ccccc8c7c6c5c43)s2)[C@H]2CC[C@]1(C)C2(C)C)(C(C)C)C(C)C. The third kappa shape index (κ3) is 4.57. The zero-order valence-electron chi connectivity index (χ0n) is 31.3. The van der Waals surface area contributed by atoms with Gasteiger partial charge in [-0.1, -0.05) is 92.6 Å². The van der Waals surface area contributed by atoms with Crippen molar-refractivity contribution >= 4 is 109 Å². The molecule has 7 aromatic rings. The van der Waals surface area contributed by atoms with E-state index in [2.05, 4.69) is 134 Å². The molecule has 1 amide bonds. The van der Waals surface area contributed by atoms with Crippen LogP contribution in [0.25, 0.3) is 61.2 Å². The van der Waals surface area contributed by atoms with E-state index in [4.69, 9.17) is 4.43 Å². The van der Waals surface area contributed by atoms with E-state index in [0.717, 1.165) is 17.7 Å². The van der Waals surface area contributed by atoms with Crippen molar-refractivity contribution in [1.82, 2.24) is 5.32 Å². The fourth-order valence-corrected chi connectivity index (χ4v) is 20.0. The summed E-state index contributed by atoms with van der Waals surface area (Å²) < 4.78 is 14.1. The van der Waals surface area contributed by atoms with Crippen molar-refractivity contribution in [2.75, 3.05) is 0 Å². The van der Waals surface area contributed by atoms with E-state index >= 15 is 0 Å². The number of amides is 1. The molecule has 2 aliphatic rings. The number of hydrogen-bond donors (Lipinski definition) is 1. The zero-order valence-corrected chi connectivity index (χ0v) is 34.7. The van der Waals surface area contributed by atoms with E-state index in [1.807, 2.05) is 22.7 Å². The van der Waals surface area contributed by atoms with E-state index in [0.29, 0.717) is 22.5 Å². The highest BCUT2D eigenvalue weighted by molar-refractivity contribution is 7.28. The van der Waals surface area contributed by atoms with Crippen molar-refractivity contribution in [3.05, 3.63) is 71.6 Å². The Hall–Kier alpha value is -2.81. The fraction of sp³-hybridized carbons (Fsp3) is 0.432. The van der Waals surface area contributed by atoms with Gasteiger partial charge in [-0.15, -0.1) is 34.0 Å². The Bertz CT molecular complexity index is 2510. The largest absolute Gasteiger partial charge is 0.410 e. The van der Waals surface area contributed by atoms with E-state index in [1.165, 1.54) is 61.2 Å². The molecule has 2 fully saturated rings. The molecule has 4 atom stereocenters. The van der Waals surface area contributed by atoms with Gasteiger partial charge in [0, 0.05) is 50.4 Å². The predicted molar refractivity (Wildman–Crippen MR) is 227 cm³/mol. The van der Waals surface area contributed by atoms with Crippen LogP contribution in [0.4, 0.5) is 0 Å². The molecule has 3 nitrogen and oxygen atoms in total. The zero-order chi connectivity index (χ0) is 35.8. The number of nitrogens with one attached hydrogen (secondary N) is 1. The molecule has 0 aliphatic heterocycles. The lowest BCUT2D eigenvalue weighted by molar-refractivity contribution is 0.00664. The number of carbonyl (C=O) groups is 1. The maximum atomic E-state index is 14.6. The Balaban J connectivity index is 1.16. The van der Waals surface area contributed by atoms with Gasteiger partial charge in [0.2, 0.25) is 8.32 Å². The van der Waals surface area contributed by atoms with Crippen LogP contribution in [-0.4, -0.2) is 26.4 Å². The summed E-state index contributed by atoms with van der Waals surface area (Å²) in [7, 11) is -2.19. The molecule has 4 aromatic carbocycles. The molecular formula is C44H49NO2S3Si. The molecular weight excluding hydrogens is 699 g/mol. The lowest BCUT2D eigenvalue weighted by Gasteiger charge is -2.50. The lowest BCUT2D eigenvalue weighted by Crippen LogP contribution is -2.58. The van der Waals surface area contributed by atoms with E-state index in [9.17, 15) is 4.79 Å². The van der Waals surface area contributed by atoms with Crippen LogP contribution >= 0.6 is 34.0 Å². The van der Waals surface area contributed by atoms with Crippen LogP contribution in [0.1, 0.15) is 84.8 Å². The topological polar surface area (TPSA) is 38.3 Å². The minimum absolute atomic E-state index is 0.00617. The second-order valence-corrected chi connectivity index (χ2v) is 25.9. The van der Waals surface area contributed by atoms with Crippen molar-refractivity contribution in [3.63, 3.8) is 0 Å². The molecule has 0 radical (unpaired) electrons. The Labute approximate surface area is 314 Å². The second-order valence-electron chi connectivity index (χ2n) is 17.3. The van der Waals surface area contributed by atoms with Crippen molar-refractivity contribution in [2.24, 2.45) is 16.7 Å². The standard InChI is InChI=1S/C44H49NO2S3Si/c1-23(2)51(24(3)4,25(5)6)47-41-40(29-20-21-44(41,9)43(29,7)8)45-42(46)35-22-28-30(48-35)16-17-32-37(28)39-34(50-32)19-18-33-38(39)36-27-13-11-10-12-26(27)14-15-31(36)49-33/h10-19,22-25,29,40-41H,20-21H2,1-9H3,(H,45,46)/t29-,40-,41-,44+/m1/s1. The Morgan fingerprint density at radius 2 is 1.27 bits per heavy atom. The summed E-state index contributed by atoms with van der Waals surface area (Å²) in [5.41, 5.74) is 1.59. The quantitative estimate of drug-likeness (QED) is 0.165. The van der Waals surface area contributed by atoms with Crippen molar-refractivity contribution in [1.29, 1.82) is 0 Å². The smallest absolute Gasteiger partial charge is 0.261 e. The maximum Gasteiger partial charge on any atom is 0.261 e. The van der Waals surface area contributed by atoms with Gasteiger partial charge >= 0.3 is 0 Å². The van der Waals surface area contributed by atoms with Gasteiger partial charge in [0.25, 0.3) is 5.91 Å². The van der Waals surface area contributed by atoms with E-state index in [-0.39, 0.29) is 28.9 Å². The maximum absolute atomic E-state index is 14.6. The van der Waals surface area contributed by atoms with Gasteiger partial charge in [-0.25, -0.2) is 0 Å². The molecule has 3 heterocycles. The number of thiophene rings is 3. The van der Waals surface area contributed by atoms with E-state index < -0.39 is 8.32 Å². The van der Waals surface area contributed by atoms with Gasteiger partial charge in [0.15, 0.2) is 0 Å². The molecule has 3 aromatic heterocycles. The third-order valence-corrected chi connectivity index (χ3v) is 23.4. The first-order valence-electron chi connectivity index (χ1n) is 18.9. The van der Waals surface area contributed by atoms with Crippen LogP contribution in [0.15, 0.2) is 66.7 Å².